The Morgan fingerprint density at radius 3 is 1.85 bits per heavy atom. The molecule has 2 aromatic rings. The minimum absolute atomic E-state index is 0.0697. The van der Waals surface area contributed by atoms with Crippen LogP contribution in [-0.4, -0.2) is 10.9 Å². The number of rotatable bonds is 1. The van der Waals surface area contributed by atoms with Crippen LogP contribution in [0.1, 0.15) is 63.8 Å². The van der Waals surface area contributed by atoms with E-state index < -0.39 is 0 Å². The minimum atomic E-state index is -0.0697. The molecule has 0 atom stereocenters. The first-order valence-corrected chi connectivity index (χ1v) is 9.06. The lowest BCUT2D eigenvalue weighted by Crippen LogP contribution is -2.13. The van der Waals surface area contributed by atoms with Crippen LogP contribution in [-0.2, 0) is 10.8 Å². The molecule has 2 aromatic carbocycles. The number of nitrogen functional groups attached to an aromatic ring is 1. The number of benzene rings is 2. The minimum Gasteiger partial charge on any atom is -0.507 e. The Bertz CT molecular complexity index is 766. The summed E-state index contributed by atoms with van der Waals surface area (Å²) >= 11 is 5.92. The highest BCUT2D eigenvalue weighted by Crippen LogP contribution is 2.35. The Balaban J connectivity index is 0.000000260. The van der Waals surface area contributed by atoms with Crippen molar-refractivity contribution in [3.05, 3.63) is 63.7 Å². The van der Waals surface area contributed by atoms with Crippen molar-refractivity contribution in [1.82, 2.24) is 0 Å². The van der Waals surface area contributed by atoms with Crippen molar-refractivity contribution in [1.29, 1.82) is 5.41 Å². The van der Waals surface area contributed by atoms with Gasteiger partial charge in [-0.1, -0.05) is 77.4 Å². The van der Waals surface area contributed by atoms with Crippen molar-refractivity contribution in [3.8, 4) is 5.75 Å². The van der Waals surface area contributed by atoms with Crippen molar-refractivity contribution in [2.45, 2.75) is 59.3 Å². The maximum Gasteiger partial charge on any atom is 0.122 e. The standard InChI is InChI=1S/C11H15ClO.C11H16N2/c1-7-5-8(12)6-9(10(7)13)11(2,3)4;1-11(2,3)9-6-4-8(5-7-9)10(12)13/h5-6,13H,1-4H3;4-7H,1-3H3,(H3,12,13). The zero-order chi connectivity index (χ0) is 20.3. The van der Waals surface area contributed by atoms with E-state index in [0.717, 1.165) is 16.7 Å². The second-order valence-corrected chi connectivity index (χ2v) is 9.05. The summed E-state index contributed by atoms with van der Waals surface area (Å²) in [5, 5.41) is 17.7. The second-order valence-electron chi connectivity index (χ2n) is 8.61. The van der Waals surface area contributed by atoms with Crippen LogP contribution in [0.15, 0.2) is 36.4 Å². The number of phenols is 1. The van der Waals surface area contributed by atoms with Gasteiger partial charge >= 0.3 is 0 Å². The second kappa shape index (κ2) is 8.13. The molecule has 0 unspecified atom stereocenters. The highest BCUT2D eigenvalue weighted by atomic mass is 35.5. The van der Waals surface area contributed by atoms with Crippen LogP contribution in [0.2, 0.25) is 5.02 Å². The van der Waals surface area contributed by atoms with Crippen LogP contribution in [0.25, 0.3) is 0 Å². The van der Waals surface area contributed by atoms with E-state index in [1.165, 1.54) is 5.56 Å². The molecule has 4 heteroatoms. The van der Waals surface area contributed by atoms with Gasteiger partial charge in [0.2, 0.25) is 0 Å². The third kappa shape index (κ3) is 6.06. The highest BCUT2D eigenvalue weighted by molar-refractivity contribution is 6.30. The average molecular weight is 375 g/mol. The Labute approximate surface area is 162 Å². The van der Waals surface area contributed by atoms with E-state index in [1.54, 1.807) is 6.07 Å². The maximum atomic E-state index is 9.80. The Hall–Kier alpha value is -2.00. The lowest BCUT2D eigenvalue weighted by Gasteiger charge is -2.21. The molecule has 0 saturated heterocycles. The Morgan fingerprint density at radius 2 is 1.46 bits per heavy atom. The molecular formula is C22H31ClN2O. The summed E-state index contributed by atoms with van der Waals surface area (Å²) in [6.45, 7) is 14.5. The zero-order valence-electron chi connectivity index (χ0n) is 16.9. The Kier molecular flexibility index (Phi) is 6.89. The van der Waals surface area contributed by atoms with Gasteiger partial charge in [-0.05, 0) is 41.0 Å². The molecule has 0 aromatic heterocycles. The predicted octanol–water partition coefficient (Wildman–Crippen LogP) is 5.92. The molecule has 0 aliphatic carbocycles. The molecule has 0 bridgehead atoms. The van der Waals surface area contributed by atoms with Gasteiger partial charge in [-0.15, -0.1) is 0 Å². The third-order valence-electron chi connectivity index (χ3n) is 4.14. The zero-order valence-corrected chi connectivity index (χ0v) is 17.6. The molecule has 0 fully saturated rings. The molecule has 0 spiro atoms. The normalized spacial score (nSPS) is 11.5. The van der Waals surface area contributed by atoms with Crippen molar-refractivity contribution in [3.63, 3.8) is 0 Å². The maximum absolute atomic E-state index is 9.80. The van der Waals surface area contributed by atoms with Crippen molar-refractivity contribution >= 4 is 17.4 Å². The lowest BCUT2D eigenvalue weighted by atomic mass is 9.85. The van der Waals surface area contributed by atoms with E-state index in [9.17, 15) is 5.11 Å². The molecule has 2 rings (SSSR count). The Morgan fingerprint density at radius 1 is 0.962 bits per heavy atom. The van der Waals surface area contributed by atoms with Gasteiger partial charge in [-0.2, -0.15) is 0 Å². The molecule has 0 radical (unpaired) electrons. The molecule has 0 heterocycles. The van der Waals surface area contributed by atoms with E-state index in [4.69, 9.17) is 22.7 Å². The molecule has 0 amide bonds. The monoisotopic (exact) mass is 374 g/mol. The van der Waals surface area contributed by atoms with E-state index in [-0.39, 0.29) is 16.7 Å². The molecule has 3 nitrogen and oxygen atoms in total. The third-order valence-corrected chi connectivity index (χ3v) is 4.35. The molecule has 0 saturated carbocycles. The molecule has 26 heavy (non-hydrogen) atoms. The number of hydrogen-bond acceptors (Lipinski definition) is 2. The molecule has 0 aliphatic heterocycles. The smallest absolute Gasteiger partial charge is 0.122 e. The van der Waals surface area contributed by atoms with Crippen molar-refractivity contribution in [2.24, 2.45) is 5.73 Å². The number of nitrogens with two attached hydrogens (primary N) is 1. The number of aryl methyl sites for hydroxylation is 1. The van der Waals surface area contributed by atoms with Gasteiger partial charge in [-0.3, -0.25) is 5.41 Å². The van der Waals surface area contributed by atoms with Crippen LogP contribution < -0.4 is 5.73 Å². The fourth-order valence-electron chi connectivity index (χ4n) is 2.46. The van der Waals surface area contributed by atoms with Crippen LogP contribution in [0.3, 0.4) is 0 Å². The lowest BCUT2D eigenvalue weighted by molar-refractivity contribution is 0.443. The number of amidine groups is 1. The van der Waals surface area contributed by atoms with Crippen LogP contribution in [0.4, 0.5) is 0 Å². The topological polar surface area (TPSA) is 70.1 Å². The summed E-state index contributed by atoms with van der Waals surface area (Å²) in [4.78, 5) is 0. The van der Waals surface area contributed by atoms with Crippen molar-refractivity contribution < 1.29 is 5.11 Å². The van der Waals surface area contributed by atoms with E-state index in [1.807, 2.05) is 37.3 Å². The number of hydrogen-bond donors (Lipinski definition) is 3. The summed E-state index contributed by atoms with van der Waals surface area (Å²) < 4.78 is 0. The predicted molar refractivity (Wildman–Crippen MR) is 113 cm³/mol. The van der Waals surface area contributed by atoms with E-state index >= 15 is 0 Å². The molecular weight excluding hydrogens is 344 g/mol. The van der Waals surface area contributed by atoms with Gasteiger partial charge in [0.15, 0.2) is 0 Å². The fourth-order valence-corrected chi connectivity index (χ4v) is 2.73. The summed E-state index contributed by atoms with van der Waals surface area (Å²) in [6, 6.07) is 11.4. The molecule has 0 aliphatic rings. The first-order chi connectivity index (χ1) is 11.7. The fraction of sp³-hybridized carbons (Fsp3) is 0.409. The van der Waals surface area contributed by atoms with Gasteiger partial charge in [-0.25, -0.2) is 0 Å². The molecule has 4 N–H and O–H groups in total. The van der Waals surface area contributed by atoms with E-state index in [0.29, 0.717) is 10.8 Å². The summed E-state index contributed by atoms with van der Waals surface area (Å²) in [7, 11) is 0. The summed E-state index contributed by atoms with van der Waals surface area (Å²) in [5.74, 6) is 0.484. The molecule has 142 valence electrons. The van der Waals surface area contributed by atoms with Gasteiger partial charge in [0.25, 0.3) is 0 Å². The summed E-state index contributed by atoms with van der Waals surface area (Å²) in [6.07, 6.45) is 0. The van der Waals surface area contributed by atoms with Crippen LogP contribution >= 0.6 is 11.6 Å². The van der Waals surface area contributed by atoms with E-state index in [2.05, 4.69) is 41.5 Å². The first-order valence-electron chi connectivity index (χ1n) is 8.68. The van der Waals surface area contributed by atoms with Crippen LogP contribution in [0.5, 0.6) is 5.75 Å². The van der Waals surface area contributed by atoms with Gasteiger partial charge in [0, 0.05) is 16.1 Å². The highest BCUT2D eigenvalue weighted by Gasteiger charge is 2.19. The SMILES string of the molecule is CC(C)(C)c1ccc(C(=N)N)cc1.Cc1cc(Cl)cc(C(C)(C)C)c1O. The summed E-state index contributed by atoms with van der Waals surface area (Å²) in [5.41, 5.74) is 9.23. The van der Waals surface area contributed by atoms with Gasteiger partial charge in [0.05, 0.1) is 0 Å². The largest absolute Gasteiger partial charge is 0.507 e. The van der Waals surface area contributed by atoms with Crippen LogP contribution in [0, 0.1) is 12.3 Å². The number of nitrogens with one attached hydrogen (secondary N) is 1. The number of phenolic OH excluding ortho intramolecular Hbond substituents is 1. The quantitative estimate of drug-likeness (QED) is 0.428. The van der Waals surface area contributed by atoms with Crippen molar-refractivity contribution in [2.75, 3.05) is 0 Å². The average Bonchev–Trinajstić information content (AvgIpc) is 2.49. The first kappa shape index (κ1) is 22.0. The van der Waals surface area contributed by atoms with Gasteiger partial charge < -0.3 is 10.8 Å². The number of aromatic hydroxyl groups is 1. The van der Waals surface area contributed by atoms with Gasteiger partial charge in [0.1, 0.15) is 11.6 Å². The number of halogens is 1.